The molecule has 0 N–H and O–H groups in total. The predicted molar refractivity (Wildman–Crippen MR) is 123 cm³/mol. The van der Waals surface area contributed by atoms with Crippen LogP contribution >= 0.6 is 15.9 Å². The molecule has 152 valence electrons. The van der Waals surface area contributed by atoms with Gasteiger partial charge in [0.05, 0.1) is 0 Å². The number of nitrogens with zero attached hydrogens (tertiary/aromatic N) is 2. The molecule has 2 nitrogen and oxygen atoms in total. The molecule has 31 heavy (non-hydrogen) atoms. The van der Waals surface area contributed by atoms with Gasteiger partial charge < -0.3 is 0 Å². The van der Waals surface area contributed by atoms with Crippen LogP contribution in [0.1, 0.15) is 16.7 Å². The normalized spacial score (nSPS) is 8.84. The lowest BCUT2D eigenvalue weighted by molar-refractivity contribution is 0.627. The number of terminal acetylenes is 1. The Morgan fingerprint density at radius 2 is 0.968 bits per heavy atom. The van der Waals surface area contributed by atoms with E-state index >= 15 is 0 Å². The first-order valence-corrected chi connectivity index (χ1v) is 9.81. The summed E-state index contributed by atoms with van der Waals surface area (Å²) in [7, 11) is 0. The number of benzene rings is 2. The van der Waals surface area contributed by atoms with Gasteiger partial charge in [-0.15, -0.1) is 6.42 Å². The fourth-order valence-electron chi connectivity index (χ4n) is 1.99. The molecule has 0 unspecified atom stereocenters. The Balaban J connectivity index is 0.000000181. The molecular formula is C26H17BrF2N2. The number of hydrogen-bond donors (Lipinski definition) is 0. The molecule has 0 radical (unpaired) electrons. The summed E-state index contributed by atoms with van der Waals surface area (Å²) in [5, 5.41) is 0. The van der Waals surface area contributed by atoms with Crippen molar-refractivity contribution >= 4 is 15.9 Å². The average molecular weight is 475 g/mol. The van der Waals surface area contributed by atoms with Crippen LogP contribution in [-0.4, -0.2) is 9.97 Å². The van der Waals surface area contributed by atoms with Gasteiger partial charge >= 0.3 is 0 Å². The van der Waals surface area contributed by atoms with Crippen molar-refractivity contribution in [2.24, 2.45) is 0 Å². The molecule has 0 aliphatic carbocycles. The molecule has 0 aliphatic rings. The van der Waals surface area contributed by atoms with Crippen LogP contribution in [0.2, 0.25) is 0 Å². The first kappa shape index (κ1) is 23.5. The third kappa shape index (κ3) is 9.99. The van der Waals surface area contributed by atoms with Gasteiger partial charge in [-0.2, -0.15) is 0 Å². The van der Waals surface area contributed by atoms with Crippen LogP contribution in [0.25, 0.3) is 0 Å². The molecule has 0 spiro atoms. The summed E-state index contributed by atoms with van der Waals surface area (Å²) in [6, 6.07) is 19.4. The molecular weight excluding hydrogens is 458 g/mol. The minimum atomic E-state index is -0.256. The van der Waals surface area contributed by atoms with Crippen LogP contribution in [0.4, 0.5) is 8.78 Å². The van der Waals surface area contributed by atoms with Crippen molar-refractivity contribution in [3.05, 3.63) is 130 Å². The molecule has 2 aromatic carbocycles. The second-order valence-corrected chi connectivity index (χ2v) is 6.73. The molecule has 0 saturated heterocycles. The van der Waals surface area contributed by atoms with Crippen LogP contribution in [0, 0.1) is 35.8 Å². The van der Waals surface area contributed by atoms with Crippen molar-refractivity contribution < 1.29 is 8.78 Å². The van der Waals surface area contributed by atoms with Gasteiger partial charge in [0.15, 0.2) is 0 Å². The molecule has 0 atom stereocenters. The van der Waals surface area contributed by atoms with E-state index in [1.54, 1.807) is 49.1 Å². The smallest absolute Gasteiger partial charge is 0.123 e. The van der Waals surface area contributed by atoms with E-state index in [-0.39, 0.29) is 11.6 Å². The van der Waals surface area contributed by atoms with Crippen molar-refractivity contribution in [3.63, 3.8) is 0 Å². The number of rotatable bonds is 0. The van der Waals surface area contributed by atoms with Crippen LogP contribution in [-0.2, 0) is 0 Å². The third-order valence-electron chi connectivity index (χ3n) is 3.53. The van der Waals surface area contributed by atoms with E-state index in [9.17, 15) is 8.78 Å². The second-order valence-electron chi connectivity index (χ2n) is 5.81. The van der Waals surface area contributed by atoms with Gasteiger partial charge in [0.1, 0.15) is 11.6 Å². The number of aromatic nitrogens is 2. The van der Waals surface area contributed by atoms with Gasteiger partial charge in [-0.3, -0.25) is 9.97 Å². The van der Waals surface area contributed by atoms with Crippen LogP contribution in [0.15, 0.2) is 102 Å². The van der Waals surface area contributed by atoms with Crippen LogP contribution in [0.5, 0.6) is 0 Å². The monoisotopic (exact) mass is 474 g/mol. The zero-order valence-electron chi connectivity index (χ0n) is 16.3. The van der Waals surface area contributed by atoms with Crippen molar-refractivity contribution in [1.29, 1.82) is 0 Å². The molecule has 5 heteroatoms. The summed E-state index contributed by atoms with van der Waals surface area (Å²) >= 11 is 3.27. The van der Waals surface area contributed by atoms with Gasteiger partial charge in [-0.05, 0) is 72.8 Å². The van der Waals surface area contributed by atoms with Crippen molar-refractivity contribution in [3.8, 4) is 24.2 Å². The molecule has 4 aromatic rings. The molecule has 4 rings (SSSR count). The van der Waals surface area contributed by atoms with Gasteiger partial charge in [0.2, 0.25) is 0 Å². The Hall–Kier alpha value is -3.80. The maximum atomic E-state index is 12.6. The van der Waals surface area contributed by atoms with E-state index < -0.39 is 0 Å². The summed E-state index contributed by atoms with van der Waals surface area (Å²) in [4.78, 5) is 7.71. The minimum absolute atomic E-state index is 0.246. The first-order chi connectivity index (χ1) is 15.1. The quantitative estimate of drug-likeness (QED) is 0.280. The Labute approximate surface area is 189 Å². The molecule has 0 fully saturated rings. The van der Waals surface area contributed by atoms with E-state index in [1.807, 2.05) is 24.3 Å². The largest absolute Gasteiger partial charge is 0.265 e. The Bertz CT molecular complexity index is 1140. The lowest BCUT2D eigenvalue weighted by Crippen LogP contribution is -1.77. The number of halogens is 3. The van der Waals surface area contributed by atoms with E-state index in [1.165, 1.54) is 24.3 Å². The van der Waals surface area contributed by atoms with E-state index in [0.717, 1.165) is 15.6 Å². The lowest BCUT2D eigenvalue weighted by Gasteiger charge is -1.89. The maximum absolute atomic E-state index is 12.6. The fourth-order valence-corrected chi connectivity index (χ4v) is 2.23. The summed E-state index contributed by atoms with van der Waals surface area (Å²) in [6.45, 7) is 0. The highest BCUT2D eigenvalue weighted by Crippen LogP contribution is 2.04. The fraction of sp³-hybridized carbons (Fsp3) is 0. The van der Waals surface area contributed by atoms with Gasteiger partial charge in [0, 0.05) is 46.0 Å². The van der Waals surface area contributed by atoms with Gasteiger partial charge in [-0.1, -0.05) is 33.7 Å². The van der Waals surface area contributed by atoms with Crippen molar-refractivity contribution in [2.75, 3.05) is 0 Å². The molecule has 2 aromatic heterocycles. The van der Waals surface area contributed by atoms with Crippen molar-refractivity contribution in [2.45, 2.75) is 0 Å². The van der Waals surface area contributed by atoms with Gasteiger partial charge in [0.25, 0.3) is 0 Å². The Kier molecular flexibility index (Phi) is 10.2. The first-order valence-electron chi connectivity index (χ1n) is 9.02. The minimum Gasteiger partial charge on any atom is -0.265 e. The van der Waals surface area contributed by atoms with E-state index in [4.69, 9.17) is 6.42 Å². The van der Waals surface area contributed by atoms with E-state index in [2.05, 4.69) is 43.7 Å². The Morgan fingerprint density at radius 1 is 0.581 bits per heavy atom. The highest BCUT2D eigenvalue weighted by Gasteiger charge is 1.89. The highest BCUT2D eigenvalue weighted by molar-refractivity contribution is 9.10. The third-order valence-corrected chi connectivity index (χ3v) is 4.05. The van der Waals surface area contributed by atoms with Crippen molar-refractivity contribution in [1.82, 2.24) is 9.97 Å². The summed E-state index contributed by atoms with van der Waals surface area (Å²) in [6.07, 6.45) is 11.9. The molecule has 0 saturated carbocycles. The maximum Gasteiger partial charge on any atom is 0.123 e. The molecule has 0 aliphatic heterocycles. The SMILES string of the molecule is Brc1ccncc1.C#Cc1ccc(F)cc1.Fc1ccc(C#Cc2ccncc2)cc1. The zero-order chi connectivity index (χ0) is 22.3. The molecule has 0 amide bonds. The summed E-state index contributed by atoms with van der Waals surface area (Å²) in [5.74, 6) is 7.80. The standard InChI is InChI=1S/C13H8FN.C8H5F.C5H4BrN/c14-13-5-3-11(4-6-13)1-2-12-7-9-15-10-8-12;1-2-7-3-5-8(9)6-4-7;6-5-1-3-7-4-2-5/h3-10H;1,3-6H;1-4H. The second kappa shape index (κ2) is 13.4. The summed E-state index contributed by atoms with van der Waals surface area (Å²) < 4.78 is 25.8. The molecule has 0 bridgehead atoms. The van der Waals surface area contributed by atoms with Crippen LogP contribution in [0.3, 0.4) is 0 Å². The Morgan fingerprint density at radius 3 is 1.35 bits per heavy atom. The number of pyridine rings is 2. The van der Waals surface area contributed by atoms with E-state index in [0.29, 0.717) is 5.56 Å². The summed E-state index contributed by atoms with van der Waals surface area (Å²) in [5.41, 5.74) is 2.40. The van der Waals surface area contributed by atoms with Gasteiger partial charge in [-0.25, -0.2) is 8.78 Å². The van der Waals surface area contributed by atoms with Crippen LogP contribution < -0.4 is 0 Å². The topological polar surface area (TPSA) is 25.8 Å². The zero-order valence-corrected chi connectivity index (χ0v) is 17.9. The average Bonchev–Trinajstić information content (AvgIpc) is 2.81. The number of hydrogen-bond acceptors (Lipinski definition) is 2. The predicted octanol–water partition coefficient (Wildman–Crippen LogP) is 6.27. The lowest BCUT2D eigenvalue weighted by atomic mass is 10.2. The molecule has 2 heterocycles. The highest BCUT2D eigenvalue weighted by atomic mass is 79.9.